The summed E-state index contributed by atoms with van der Waals surface area (Å²) in [6.07, 6.45) is 0. The Hall–Kier alpha value is -3.23. The zero-order chi connectivity index (χ0) is 15.4. The average Bonchev–Trinajstić information content (AvgIpc) is 2.48. The van der Waals surface area contributed by atoms with Gasteiger partial charge in [-0.15, -0.1) is 0 Å². The number of aromatic nitrogens is 2. The van der Waals surface area contributed by atoms with Crippen LogP contribution in [0.3, 0.4) is 0 Å². The number of carbonyl (C=O) groups excluding carboxylic acids is 1. The van der Waals surface area contributed by atoms with Gasteiger partial charge in [-0.3, -0.25) is 19.7 Å². The van der Waals surface area contributed by atoms with Gasteiger partial charge in [0.2, 0.25) is 0 Å². The molecule has 9 nitrogen and oxygen atoms in total. The number of nitro benzene ring substituents is 1. The maximum Gasteiger partial charge on any atom is 0.282 e. The van der Waals surface area contributed by atoms with E-state index in [9.17, 15) is 19.7 Å². The fourth-order valence-electron chi connectivity index (χ4n) is 1.63. The van der Waals surface area contributed by atoms with Crippen molar-refractivity contribution in [3.05, 3.63) is 56.4 Å². The third-order valence-electron chi connectivity index (χ3n) is 2.65. The number of amides is 1. The van der Waals surface area contributed by atoms with Crippen LogP contribution in [0, 0.1) is 10.1 Å². The second kappa shape index (κ2) is 5.82. The molecule has 0 saturated carbocycles. The number of rotatable bonds is 4. The highest BCUT2D eigenvalue weighted by molar-refractivity contribution is 6.07. The summed E-state index contributed by atoms with van der Waals surface area (Å²) in [5, 5.41) is 21.9. The van der Waals surface area contributed by atoms with Crippen molar-refractivity contribution in [2.45, 2.75) is 0 Å². The number of anilines is 2. The van der Waals surface area contributed by atoms with E-state index in [0.29, 0.717) is 5.69 Å². The predicted octanol–water partition coefficient (Wildman–Crippen LogP) is 0.972. The standard InChI is InChI=1S/C12H11N5O4/c1-13-7-2-3-9(17(20)21)8(6-7)12(19)14-10-4-5-11(18)16-15-10/h2-6,13H,1H3,(H,16,18)(H,14,15,19). The van der Waals surface area contributed by atoms with Crippen LogP contribution in [0.15, 0.2) is 35.1 Å². The summed E-state index contributed by atoms with van der Waals surface area (Å²) in [6.45, 7) is 0. The molecule has 9 heteroatoms. The minimum Gasteiger partial charge on any atom is -0.388 e. The summed E-state index contributed by atoms with van der Waals surface area (Å²) in [4.78, 5) is 33.3. The molecule has 1 aromatic heterocycles. The second-order valence-electron chi connectivity index (χ2n) is 4.00. The molecule has 0 aliphatic heterocycles. The van der Waals surface area contributed by atoms with Gasteiger partial charge in [0.25, 0.3) is 17.2 Å². The van der Waals surface area contributed by atoms with Crippen molar-refractivity contribution in [3.63, 3.8) is 0 Å². The molecule has 1 heterocycles. The van der Waals surface area contributed by atoms with Gasteiger partial charge in [-0.25, -0.2) is 5.10 Å². The topological polar surface area (TPSA) is 130 Å². The van der Waals surface area contributed by atoms with Crippen molar-refractivity contribution in [2.75, 3.05) is 17.7 Å². The number of nitrogens with zero attached hydrogens (tertiary/aromatic N) is 2. The van der Waals surface area contributed by atoms with E-state index in [2.05, 4.69) is 20.8 Å². The van der Waals surface area contributed by atoms with Crippen molar-refractivity contribution in [3.8, 4) is 0 Å². The molecule has 0 radical (unpaired) electrons. The predicted molar refractivity (Wildman–Crippen MR) is 75.5 cm³/mol. The second-order valence-corrected chi connectivity index (χ2v) is 4.00. The van der Waals surface area contributed by atoms with Crippen LogP contribution in [0.25, 0.3) is 0 Å². The lowest BCUT2D eigenvalue weighted by Crippen LogP contribution is -2.17. The van der Waals surface area contributed by atoms with Crippen LogP contribution in [-0.4, -0.2) is 28.1 Å². The molecule has 21 heavy (non-hydrogen) atoms. The van der Waals surface area contributed by atoms with Gasteiger partial charge in [0.05, 0.1) is 4.92 Å². The van der Waals surface area contributed by atoms with E-state index in [1.807, 2.05) is 0 Å². The maximum atomic E-state index is 12.1. The number of nitrogens with one attached hydrogen (secondary N) is 3. The molecule has 0 bridgehead atoms. The Kier molecular flexibility index (Phi) is 3.93. The Morgan fingerprint density at radius 1 is 1.33 bits per heavy atom. The molecule has 0 unspecified atom stereocenters. The van der Waals surface area contributed by atoms with E-state index in [1.165, 1.54) is 30.3 Å². The molecule has 0 aliphatic rings. The Labute approximate surface area is 118 Å². The Balaban J connectivity index is 2.35. The van der Waals surface area contributed by atoms with Gasteiger partial charge in [-0.05, 0) is 18.2 Å². The van der Waals surface area contributed by atoms with Crippen LogP contribution < -0.4 is 16.2 Å². The lowest BCUT2D eigenvalue weighted by molar-refractivity contribution is -0.385. The number of benzene rings is 1. The average molecular weight is 289 g/mol. The number of hydrogen-bond acceptors (Lipinski definition) is 6. The quantitative estimate of drug-likeness (QED) is 0.568. The largest absolute Gasteiger partial charge is 0.388 e. The van der Waals surface area contributed by atoms with Crippen LogP contribution >= 0.6 is 0 Å². The molecule has 2 rings (SSSR count). The van der Waals surface area contributed by atoms with Crippen molar-refractivity contribution >= 4 is 23.1 Å². The molecule has 1 aromatic carbocycles. The maximum absolute atomic E-state index is 12.1. The Bertz CT molecular complexity index is 735. The molecule has 2 aromatic rings. The number of carbonyl (C=O) groups is 1. The third-order valence-corrected chi connectivity index (χ3v) is 2.65. The van der Waals surface area contributed by atoms with Crippen LogP contribution in [-0.2, 0) is 0 Å². The van der Waals surface area contributed by atoms with E-state index < -0.39 is 16.4 Å². The van der Waals surface area contributed by atoms with E-state index in [0.717, 1.165) is 0 Å². The van der Waals surface area contributed by atoms with Crippen molar-refractivity contribution in [2.24, 2.45) is 0 Å². The summed E-state index contributed by atoms with van der Waals surface area (Å²) in [5.74, 6) is -0.609. The summed E-state index contributed by atoms with van der Waals surface area (Å²) in [6, 6.07) is 6.57. The number of H-pyrrole nitrogens is 1. The highest BCUT2D eigenvalue weighted by Crippen LogP contribution is 2.23. The van der Waals surface area contributed by atoms with Gasteiger partial charge in [0.1, 0.15) is 5.56 Å². The first kappa shape index (κ1) is 14.2. The van der Waals surface area contributed by atoms with Gasteiger partial charge in [-0.2, -0.15) is 5.10 Å². The lowest BCUT2D eigenvalue weighted by atomic mass is 10.1. The molecule has 0 fully saturated rings. The number of aromatic amines is 1. The SMILES string of the molecule is CNc1ccc([N+](=O)[O-])c(C(=O)Nc2ccc(=O)[nH]n2)c1. The van der Waals surface area contributed by atoms with Crippen molar-refractivity contribution in [1.82, 2.24) is 10.2 Å². The first-order valence-corrected chi connectivity index (χ1v) is 5.84. The molecule has 0 aliphatic carbocycles. The number of nitro groups is 1. The van der Waals surface area contributed by atoms with E-state index in [4.69, 9.17) is 0 Å². The minimum atomic E-state index is -0.696. The monoisotopic (exact) mass is 289 g/mol. The highest BCUT2D eigenvalue weighted by Gasteiger charge is 2.21. The molecule has 108 valence electrons. The first-order valence-electron chi connectivity index (χ1n) is 5.84. The zero-order valence-corrected chi connectivity index (χ0v) is 10.9. The van der Waals surface area contributed by atoms with Crippen LogP contribution in [0.5, 0.6) is 0 Å². The van der Waals surface area contributed by atoms with Crippen LogP contribution in [0.2, 0.25) is 0 Å². The summed E-state index contributed by atoms with van der Waals surface area (Å²) >= 11 is 0. The Morgan fingerprint density at radius 3 is 2.67 bits per heavy atom. The smallest absolute Gasteiger partial charge is 0.282 e. The van der Waals surface area contributed by atoms with Gasteiger partial charge >= 0.3 is 0 Å². The van der Waals surface area contributed by atoms with E-state index in [1.54, 1.807) is 7.05 Å². The van der Waals surface area contributed by atoms with Crippen LogP contribution in [0.1, 0.15) is 10.4 Å². The van der Waals surface area contributed by atoms with Crippen molar-refractivity contribution < 1.29 is 9.72 Å². The zero-order valence-electron chi connectivity index (χ0n) is 10.9. The molecular weight excluding hydrogens is 278 g/mol. The number of hydrogen-bond donors (Lipinski definition) is 3. The summed E-state index contributed by atoms with van der Waals surface area (Å²) in [5.41, 5.74) is -0.299. The molecule has 0 atom stereocenters. The first-order chi connectivity index (χ1) is 10.0. The van der Waals surface area contributed by atoms with E-state index in [-0.39, 0.29) is 17.1 Å². The van der Waals surface area contributed by atoms with Crippen molar-refractivity contribution in [1.29, 1.82) is 0 Å². The third kappa shape index (κ3) is 3.21. The lowest BCUT2D eigenvalue weighted by Gasteiger charge is -2.06. The molecule has 0 saturated heterocycles. The summed E-state index contributed by atoms with van der Waals surface area (Å²) < 4.78 is 0. The van der Waals surface area contributed by atoms with Gasteiger partial charge in [0, 0.05) is 24.9 Å². The van der Waals surface area contributed by atoms with Gasteiger partial charge < -0.3 is 10.6 Å². The normalized spacial score (nSPS) is 9.95. The summed E-state index contributed by atoms with van der Waals surface area (Å²) in [7, 11) is 1.63. The minimum absolute atomic E-state index is 0.0868. The molecular formula is C12H11N5O4. The van der Waals surface area contributed by atoms with Gasteiger partial charge in [-0.1, -0.05) is 0 Å². The molecule has 1 amide bonds. The van der Waals surface area contributed by atoms with Crippen LogP contribution in [0.4, 0.5) is 17.2 Å². The van der Waals surface area contributed by atoms with Gasteiger partial charge in [0.15, 0.2) is 5.82 Å². The Morgan fingerprint density at radius 2 is 2.10 bits per heavy atom. The molecule has 3 N–H and O–H groups in total. The van der Waals surface area contributed by atoms with E-state index >= 15 is 0 Å². The fraction of sp³-hybridized carbons (Fsp3) is 0.0833. The molecule has 0 spiro atoms. The highest BCUT2D eigenvalue weighted by atomic mass is 16.6. The fourth-order valence-corrected chi connectivity index (χ4v) is 1.63.